The van der Waals surface area contributed by atoms with Gasteiger partial charge in [0.2, 0.25) is 0 Å². The van der Waals surface area contributed by atoms with Crippen LogP contribution in [0.1, 0.15) is 0 Å². The zero-order chi connectivity index (χ0) is 23.6. The van der Waals surface area contributed by atoms with Gasteiger partial charge in [-0.2, -0.15) is 35.2 Å². The Morgan fingerprint density at radius 2 is 1.05 bits per heavy atom. The molecule has 0 unspecified atom stereocenters. The third-order valence-corrected chi connectivity index (χ3v) is 6.97. The maximum Gasteiger partial charge on any atom is 2.00 e. The van der Waals surface area contributed by atoms with Crippen LogP contribution in [0.3, 0.4) is 0 Å². The maximum absolute atomic E-state index is 4.21. The van der Waals surface area contributed by atoms with E-state index in [2.05, 4.69) is 98.2 Å². The Hall–Kier alpha value is -4.31. The summed E-state index contributed by atoms with van der Waals surface area (Å²) in [5.41, 5.74) is 10.8. The number of rotatable bonds is 2. The van der Waals surface area contributed by atoms with Crippen LogP contribution in [-0.2, 0) is 20.4 Å². The van der Waals surface area contributed by atoms with E-state index in [0.29, 0.717) is 0 Å². The van der Waals surface area contributed by atoms with E-state index >= 15 is 0 Å². The molecular weight excluding hydrogens is 552 g/mol. The molecule has 4 aromatic carbocycles. The monoisotopic (exact) mass is 567 g/mol. The molecule has 7 nitrogen and oxygen atoms in total. The Balaban J connectivity index is 0.00000231. The first-order valence-electron chi connectivity index (χ1n) is 11.7. The van der Waals surface area contributed by atoms with E-state index in [1.165, 1.54) is 11.1 Å². The maximum atomic E-state index is 4.21. The second-order valence-electron chi connectivity index (χ2n) is 8.84. The molecule has 8 rings (SSSR count). The fourth-order valence-corrected chi connectivity index (χ4v) is 5.47. The van der Waals surface area contributed by atoms with E-state index < -0.39 is 0 Å². The first-order valence-corrected chi connectivity index (χ1v) is 11.7. The van der Waals surface area contributed by atoms with E-state index in [-0.39, 0.29) is 27.3 Å². The summed E-state index contributed by atoms with van der Waals surface area (Å²) in [5.74, 6) is 0. The van der Waals surface area contributed by atoms with Crippen LogP contribution >= 0.6 is 0 Å². The second-order valence-corrected chi connectivity index (χ2v) is 8.84. The van der Waals surface area contributed by atoms with Crippen molar-refractivity contribution in [3.8, 4) is 33.6 Å². The first kappa shape index (κ1) is 21.9. The SMILES string of the molecule is [Pd+2].[c-]1c(-n2ccnn2)ccc2c1B1c3[c-]c(-n4ccnn4)ccc3-c3ccccc3N1c1ccccc1-2. The van der Waals surface area contributed by atoms with Gasteiger partial charge >= 0.3 is 20.4 Å². The van der Waals surface area contributed by atoms with Gasteiger partial charge in [0.1, 0.15) is 0 Å². The molecule has 0 spiro atoms. The fourth-order valence-electron chi connectivity index (χ4n) is 5.47. The van der Waals surface area contributed by atoms with Gasteiger partial charge < -0.3 is 4.81 Å². The molecule has 0 radical (unpaired) electrons. The van der Waals surface area contributed by atoms with E-state index in [0.717, 1.165) is 44.8 Å². The molecule has 176 valence electrons. The topological polar surface area (TPSA) is 64.7 Å². The molecule has 0 amide bonds. The molecule has 0 saturated carbocycles. The summed E-state index contributed by atoms with van der Waals surface area (Å²) < 4.78 is 3.50. The molecule has 2 aliphatic rings. The Morgan fingerprint density at radius 1 is 0.568 bits per heavy atom. The number of fused-ring (bicyclic) bond motifs is 11. The van der Waals surface area contributed by atoms with Gasteiger partial charge in [-0.05, 0) is 23.5 Å². The van der Waals surface area contributed by atoms with Gasteiger partial charge in [-0.1, -0.05) is 58.0 Å². The Kier molecular flexibility index (Phi) is 4.96. The number of para-hydroxylation sites is 2. The van der Waals surface area contributed by atoms with Gasteiger partial charge in [-0.15, -0.1) is 33.5 Å². The van der Waals surface area contributed by atoms with Gasteiger partial charge in [0.15, 0.2) is 0 Å². The number of hydrogen-bond donors (Lipinski definition) is 0. The van der Waals surface area contributed by atoms with Crippen molar-refractivity contribution in [3.63, 3.8) is 0 Å². The molecule has 0 atom stereocenters. The van der Waals surface area contributed by atoms with E-state index in [1.54, 1.807) is 21.8 Å². The number of benzene rings is 4. The fraction of sp³-hybridized carbons (Fsp3) is 0. The Bertz CT molecular complexity index is 1640. The van der Waals surface area contributed by atoms with E-state index in [4.69, 9.17) is 0 Å². The van der Waals surface area contributed by atoms with Crippen LogP contribution in [0.15, 0.2) is 97.6 Å². The number of anilines is 2. The minimum absolute atomic E-state index is 0. The summed E-state index contributed by atoms with van der Waals surface area (Å²) in [7, 11) is 0. The minimum atomic E-state index is -0.133. The molecule has 0 fully saturated rings. The molecule has 0 saturated heterocycles. The molecular formula is C28H16BN7Pd. The summed E-state index contributed by atoms with van der Waals surface area (Å²) in [6.07, 6.45) is 7.04. The number of nitrogens with zero attached hydrogens (tertiary/aromatic N) is 7. The standard InChI is InChI=1S/C28H16BN7.Pd/c1-3-7-27-23(5-1)21-11-9-19(34-15-13-30-32-34)17-25(21)29-26-18-20(35-16-14-31-33-35)10-12-22(26)24-6-2-4-8-28(24)36(27)29;/h1-16H;/q-2;+2. The van der Waals surface area contributed by atoms with Crippen LogP contribution in [0.5, 0.6) is 0 Å². The van der Waals surface area contributed by atoms with Gasteiger partial charge in [-0.25, -0.2) is 9.36 Å². The average molecular weight is 568 g/mol. The van der Waals surface area contributed by atoms with Crippen molar-refractivity contribution < 1.29 is 20.4 Å². The molecule has 0 aliphatic carbocycles. The van der Waals surface area contributed by atoms with Gasteiger partial charge in [-0.3, -0.25) is 0 Å². The molecule has 6 aromatic rings. The first-order chi connectivity index (χ1) is 17.9. The number of aromatic nitrogens is 6. The van der Waals surface area contributed by atoms with Crippen molar-refractivity contribution >= 4 is 29.1 Å². The van der Waals surface area contributed by atoms with Crippen LogP contribution in [0.4, 0.5) is 11.4 Å². The van der Waals surface area contributed by atoms with Crippen molar-refractivity contribution in [2.75, 3.05) is 4.81 Å². The molecule has 4 heterocycles. The second kappa shape index (κ2) is 8.38. The van der Waals surface area contributed by atoms with Gasteiger partial charge in [0.05, 0.1) is 12.4 Å². The van der Waals surface area contributed by atoms with Crippen molar-refractivity contribution in [1.29, 1.82) is 0 Å². The van der Waals surface area contributed by atoms with Crippen LogP contribution in [0.2, 0.25) is 0 Å². The predicted molar refractivity (Wildman–Crippen MR) is 138 cm³/mol. The summed E-state index contributed by atoms with van der Waals surface area (Å²) in [5, 5.41) is 16.4. The van der Waals surface area contributed by atoms with Crippen LogP contribution in [0, 0.1) is 12.1 Å². The zero-order valence-electron chi connectivity index (χ0n) is 19.3. The molecule has 2 aliphatic heterocycles. The van der Waals surface area contributed by atoms with Crippen LogP contribution < -0.4 is 15.7 Å². The Labute approximate surface area is 227 Å². The van der Waals surface area contributed by atoms with Crippen LogP contribution in [-0.4, -0.2) is 36.8 Å². The normalized spacial score (nSPS) is 12.5. The van der Waals surface area contributed by atoms with Gasteiger partial charge in [0.25, 0.3) is 6.85 Å². The summed E-state index contributed by atoms with van der Waals surface area (Å²) in [4.78, 5) is 2.42. The summed E-state index contributed by atoms with van der Waals surface area (Å²) in [6.45, 7) is -0.133. The van der Waals surface area contributed by atoms with Crippen molar-refractivity contribution in [1.82, 2.24) is 30.0 Å². The molecule has 37 heavy (non-hydrogen) atoms. The van der Waals surface area contributed by atoms with E-state index in [9.17, 15) is 0 Å². The third-order valence-electron chi connectivity index (χ3n) is 6.97. The average Bonchev–Trinajstić information content (AvgIpc) is 3.67. The summed E-state index contributed by atoms with van der Waals surface area (Å²) in [6, 6.07) is 33.0. The molecule has 9 heteroatoms. The predicted octanol–water partition coefficient (Wildman–Crippen LogP) is 3.35. The smallest absolute Gasteiger partial charge is 0.381 e. The summed E-state index contributed by atoms with van der Waals surface area (Å²) >= 11 is 0. The van der Waals surface area contributed by atoms with Gasteiger partial charge in [0, 0.05) is 23.8 Å². The number of hydrogen-bond acceptors (Lipinski definition) is 5. The largest absolute Gasteiger partial charge is 2.00 e. The minimum Gasteiger partial charge on any atom is -0.381 e. The van der Waals surface area contributed by atoms with Crippen molar-refractivity contribution in [3.05, 3.63) is 110 Å². The van der Waals surface area contributed by atoms with Crippen molar-refractivity contribution in [2.45, 2.75) is 0 Å². The quantitative estimate of drug-likeness (QED) is 0.237. The third kappa shape index (κ3) is 3.18. The van der Waals surface area contributed by atoms with Crippen LogP contribution in [0.25, 0.3) is 33.6 Å². The Morgan fingerprint density at radius 3 is 1.51 bits per heavy atom. The molecule has 0 N–H and O–H groups in total. The molecule has 2 aromatic heterocycles. The van der Waals surface area contributed by atoms with E-state index in [1.807, 2.05) is 24.5 Å². The van der Waals surface area contributed by atoms with Crippen molar-refractivity contribution in [2.24, 2.45) is 0 Å². The molecule has 0 bridgehead atoms. The zero-order valence-corrected chi connectivity index (χ0v) is 20.8.